The van der Waals surface area contributed by atoms with Gasteiger partial charge in [0.15, 0.2) is 5.78 Å². The maximum atomic E-state index is 12.9. The summed E-state index contributed by atoms with van der Waals surface area (Å²) >= 11 is 0. The molecule has 0 bridgehead atoms. The zero-order valence-electron chi connectivity index (χ0n) is 14.0. The number of rotatable bonds is 5. The van der Waals surface area contributed by atoms with Crippen LogP contribution in [0, 0.1) is 0 Å². The molecular weight excluding hydrogens is 284 g/mol. The van der Waals surface area contributed by atoms with Gasteiger partial charge < -0.3 is 10.2 Å². The molecule has 1 aliphatic rings. The van der Waals surface area contributed by atoms with Gasteiger partial charge in [-0.2, -0.15) is 0 Å². The van der Waals surface area contributed by atoms with Gasteiger partial charge in [-0.1, -0.05) is 18.2 Å². The van der Waals surface area contributed by atoms with Crippen molar-refractivity contribution in [3.05, 3.63) is 59.7 Å². The van der Waals surface area contributed by atoms with Crippen LogP contribution in [0.3, 0.4) is 0 Å². The molecule has 3 nitrogen and oxygen atoms in total. The van der Waals surface area contributed by atoms with Gasteiger partial charge in [0, 0.05) is 29.5 Å². The Balaban J connectivity index is 1.83. The molecule has 0 radical (unpaired) electrons. The van der Waals surface area contributed by atoms with Crippen LogP contribution in [0.4, 0.5) is 11.4 Å². The third kappa shape index (κ3) is 3.09. The molecule has 2 aromatic rings. The van der Waals surface area contributed by atoms with Crippen molar-refractivity contribution in [1.29, 1.82) is 0 Å². The summed E-state index contributed by atoms with van der Waals surface area (Å²) in [6.07, 6.45) is 0.987. The van der Waals surface area contributed by atoms with E-state index in [4.69, 9.17) is 0 Å². The van der Waals surface area contributed by atoms with Gasteiger partial charge in [0.2, 0.25) is 0 Å². The van der Waals surface area contributed by atoms with Crippen LogP contribution < -0.4 is 10.2 Å². The van der Waals surface area contributed by atoms with Crippen LogP contribution >= 0.6 is 0 Å². The SMILES string of the molecule is CCN(c1ccccc1)C(C)C(=O)c1ccc2c(c1)CC(C)N2. The Kier molecular flexibility index (Phi) is 4.37. The Morgan fingerprint density at radius 1 is 1.26 bits per heavy atom. The fourth-order valence-electron chi connectivity index (χ4n) is 3.39. The highest BCUT2D eigenvalue weighted by Crippen LogP contribution is 2.27. The molecule has 0 aromatic heterocycles. The van der Waals surface area contributed by atoms with Gasteiger partial charge >= 0.3 is 0 Å². The van der Waals surface area contributed by atoms with Crippen LogP contribution in [0.15, 0.2) is 48.5 Å². The van der Waals surface area contributed by atoms with Crippen molar-refractivity contribution >= 4 is 17.2 Å². The van der Waals surface area contributed by atoms with Gasteiger partial charge in [0.05, 0.1) is 6.04 Å². The van der Waals surface area contributed by atoms with E-state index < -0.39 is 0 Å². The smallest absolute Gasteiger partial charge is 0.184 e. The third-order valence-corrected chi connectivity index (χ3v) is 4.59. The lowest BCUT2D eigenvalue weighted by atomic mass is 9.99. The molecule has 0 spiro atoms. The maximum absolute atomic E-state index is 12.9. The zero-order chi connectivity index (χ0) is 16.4. The minimum absolute atomic E-state index is 0.174. The fourth-order valence-corrected chi connectivity index (χ4v) is 3.39. The number of nitrogens with zero attached hydrogens (tertiary/aromatic N) is 1. The van der Waals surface area contributed by atoms with E-state index in [0.717, 1.165) is 29.9 Å². The molecule has 2 unspecified atom stereocenters. The van der Waals surface area contributed by atoms with E-state index in [2.05, 4.69) is 42.3 Å². The van der Waals surface area contributed by atoms with E-state index in [0.29, 0.717) is 6.04 Å². The summed E-state index contributed by atoms with van der Waals surface area (Å²) < 4.78 is 0. The second kappa shape index (κ2) is 6.45. The second-order valence-corrected chi connectivity index (χ2v) is 6.28. The number of carbonyl (C=O) groups excluding carboxylic acids is 1. The molecule has 3 heteroatoms. The van der Waals surface area contributed by atoms with E-state index in [1.54, 1.807) is 0 Å². The number of hydrogen-bond donors (Lipinski definition) is 1. The molecule has 0 fully saturated rings. The number of carbonyl (C=O) groups is 1. The summed E-state index contributed by atoms with van der Waals surface area (Å²) in [5.74, 6) is 0.179. The first-order chi connectivity index (χ1) is 11.1. The zero-order valence-corrected chi connectivity index (χ0v) is 14.0. The monoisotopic (exact) mass is 308 g/mol. The van der Waals surface area contributed by atoms with Gasteiger partial charge in [-0.25, -0.2) is 0 Å². The van der Waals surface area contributed by atoms with Gasteiger partial charge in [0.25, 0.3) is 0 Å². The average Bonchev–Trinajstić information content (AvgIpc) is 2.94. The Hall–Kier alpha value is -2.29. The molecule has 0 saturated heterocycles. The number of likely N-dealkylation sites (N-methyl/N-ethyl adjacent to an activating group) is 1. The molecule has 120 valence electrons. The number of para-hydroxylation sites is 1. The van der Waals surface area contributed by atoms with E-state index in [1.165, 1.54) is 5.56 Å². The summed E-state index contributed by atoms with van der Waals surface area (Å²) in [5, 5.41) is 3.43. The predicted octanol–water partition coefficient (Wildman–Crippen LogP) is 4.14. The van der Waals surface area contributed by atoms with Gasteiger partial charge in [-0.05, 0) is 63.1 Å². The first-order valence-electron chi connectivity index (χ1n) is 8.35. The van der Waals surface area contributed by atoms with E-state index in [1.807, 2.05) is 37.3 Å². The number of hydrogen-bond acceptors (Lipinski definition) is 3. The molecule has 2 atom stereocenters. The highest BCUT2D eigenvalue weighted by molar-refractivity contribution is 6.02. The first kappa shape index (κ1) is 15.6. The van der Waals surface area contributed by atoms with Crippen molar-refractivity contribution in [3.63, 3.8) is 0 Å². The van der Waals surface area contributed by atoms with Crippen molar-refractivity contribution in [2.24, 2.45) is 0 Å². The Bertz CT molecular complexity index is 696. The molecule has 1 heterocycles. The molecule has 1 N–H and O–H groups in total. The minimum Gasteiger partial charge on any atom is -0.382 e. The van der Waals surface area contributed by atoms with E-state index >= 15 is 0 Å². The number of fused-ring (bicyclic) bond motifs is 1. The van der Waals surface area contributed by atoms with Crippen LogP contribution in [0.2, 0.25) is 0 Å². The van der Waals surface area contributed by atoms with Crippen LogP contribution in [0.5, 0.6) is 0 Å². The molecule has 3 rings (SSSR count). The average molecular weight is 308 g/mol. The molecular formula is C20H24N2O. The molecule has 23 heavy (non-hydrogen) atoms. The first-order valence-corrected chi connectivity index (χ1v) is 8.35. The Morgan fingerprint density at radius 2 is 2.00 bits per heavy atom. The van der Waals surface area contributed by atoms with Crippen LogP contribution in [-0.2, 0) is 6.42 Å². The molecule has 0 aliphatic carbocycles. The van der Waals surface area contributed by atoms with E-state index in [9.17, 15) is 4.79 Å². The molecule has 1 aliphatic heterocycles. The topological polar surface area (TPSA) is 32.3 Å². The largest absolute Gasteiger partial charge is 0.382 e. The quantitative estimate of drug-likeness (QED) is 0.843. The van der Waals surface area contributed by atoms with Gasteiger partial charge in [-0.3, -0.25) is 4.79 Å². The maximum Gasteiger partial charge on any atom is 0.184 e. The van der Waals surface area contributed by atoms with Crippen LogP contribution in [0.1, 0.15) is 36.7 Å². The summed E-state index contributed by atoms with van der Waals surface area (Å²) in [6, 6.07) is 16.5. The van der Waals surface area contributed by atoms with Crippen LogP contribution in [0.25, 0.3) is 0 Å². The normalized spacial score (nSPS) is 17.3. The molecule has 2 aromatic carbocycles. The Labute approximate surface area is 138 Å². The highest BCUT2D eigenvalue weighted by Gasteiger charge is 2.24. The van der Waals surface area contributed by atoms with Crippen LogP contribution in [-0.4, -0.2) is 24.4 Å². The molecule has 0 saturated carbocycles. The number of Topliss-reactive ketones (excluding diaryl/α,β-unsaturated/α-hetero) is 1. The number of ketones is 1. The fraction of sp³-hybridized carbons (Fsp3) is 0.350. The second-order valence-electron chi connectivity index (χ2n) is 6.28. The Morgan fingerprint density at radius 3 is 2.70 bits per heavy atom. The lowest BCUT2D eigenvalue weighted by Crippen LogP contribution is -2.39. The van der Waals surface area contributed by atoms with Crippen molar-refractivity contribution in [2.75, 3.05) is 16.8 Å². The number of anilines is 2. The van der Waals surface area contributed by atoms with Gasteiger partial charge in [-0.15, -0.1) is 0 Å². The summed E-state index contributed by atoms with van der Waals surface area (Å²) in [5.41, 5.74) is 4.31. The lowest BCUT2D eigenvalue weighted by Gasteiger charge is -2.29. The van der Waals surface area contributed by atoms with E-state index in [-0.39, 0.29) is 11.8 Å². The standard InChI is InChI=1S/C20H24N2O/c1-4-22(18-8-6-5-7-9-18)15(3)20(23)16-10-11-19-17(13-16)12-14(2)21-19/h5-11,13-15,21H,4,12H2,1-3H3. The number of benzene rings is 2. The van der Waals surface area contributed by atoms with Crippen molar-refractivity contribution in [3.8, 4) is 0 Å². The highest BCUT2D eigenvalue weighted by atomic mass is 16.1. The van der Waals surface area contributed by atoms with Crippen molar-refractivity contribution in [2.45, 2.75) is 39.3 Å². The summed E-state index contributed by atoms with van der Waals surface area (Å²) in [4.78, 5) is 15.1. The van der Waals surface area contributed by atoms with Crippen molar-refractivity contribution in [1.82, 2.24) is 0 Å². The summed E-state index contributed by atoms with van der Waals surface area (Å²) in [6.45, 7) is 7.05. The predicted molar refractivity (Wildman–Crippen MR) is 96.5 cm³/mol. The molecule has 0 amide bonds. The van der Waals surface area contributed by atoms with Crippen molar-refractivity contribution < 1.29 is 4.79 Å². The summed E-state index contributed by atoms with van der Waals surface area (Å²) in [7, 11) is 0. The minimum atomic E-state index is -0.174. The van der Waals surface area contributed by atoms with Gasteiger partial charge in [0.1, 0.15) is 0 Å². The lowest BCUT2D eigenvalue weighted by molar-refractivity contribution is 0.0964. The third-order valence-electron chi connectivity index (χ3n) is 4.59. The number of nitrogens with one attached hydrogen (secondary N) is 1.